The van der Waals surface area contributed by atoms with Crippen molar-refractivity contribution < 1.29 is 9.18 Å². The number of carbonyl (C=O) groups excluding carboxylic acids is 1. The summed E-state index contributed by atoms with van der Waals surface area (Å²) in [7, 11) is 0. The quantitative estimate of drug-likeness (QED) is 0.374. The average molecular weight is 467 g/mol. The number of benzene rings is 2. The molecule has 2 aromatic carbocycles. The van der Waals surface area contributed by atoms with Crippen LogP contribution in [0.25, 0.3) is 22.4 Å². The number of hydrogen-bond acceptors (Lipinski definition) is 5. The van der Waals surface area contributed by atoms with E-state index < -0.39 is 0 Å². The molecule has 0 aliphatic rings. The van der Waals surface area contributed by atoms with Gasteiger partial charge < -0.3 is 5.32 Å². The molecule has 5 rings (SSSR count). The number of amides is 1. The van der Waals surface area contributed by atoms with Crippen molar-refractivity contribution in [3.8, 4) is 11.3 Å². The van der Waals surface area contributed by atoms with E-state index >= 15 is 0 Å². The van der Waals surface area contributed by atoms with Crippen molar-refractivity contribution in [3.63, 3.8) is 0 Å². The van der Waals surface area contributed by atoms with Gasteiger partial charge in [-0.2, -0.15) is 5.10 Å². The standard InChI is InChI=1S/C22H16ClFN6OS/c1-13-2-7-16(10-17(13)24)25-20(31)12-32-22-27-26-21-19-11-18(14-3-5-15(23)6-4-14)28-30(19)9-8-29(21)22/h2-11H,12H2,1H3,(H,25,31). The lowest BCUT2D eigenvalue weighted by Gasteiger charge is -2.06. The Morgan fingerprint density at radius 2 is 1.94 bits per heavy atom. The van der Waals surface area contributed by atoms with Crippen LogP contribution in [0.2, 0.25) is 5.02 Å². The van der Waals surface area contributed by atoms with Gasteiger partial charge in [0.1, 0.15) is 11.3 Å². The number of rotatable bonds is 5. The zero-order valence-electron chi connectivity index (χ0n) is 16.8. The Balaban J connectivity index is 1.35. The number of halogens is 2. The molecular formula is C22H16ClFN6OS. The van der Waals surface area contributed by atoms with Gasteiger partial charge >= 0.3 is 0 Å². The first-order valence-electron chi connectivity index (χ1n) is 9.66. The maximum absolute atomic E-state index is 13.7. The van der Waals surface area contributed by atoms with Gasteiger partial charge in [-0.25, -0.2) is 8.91 Å². The van der Waals surface area contributed by atoms with E-state index in [4.69, 9.17) is 11.6 Å². The molecule has 0 saturated heterocycles. The third-order valence-corrected chi connectivity index (χ3v) is 6.11. The van der Waals surface area contributed by atoms with E-state index in [1.165, 1.54) is 17.8 Å². The molecule has 0 spiro atoms. The van der Waals surface area contributed by atoms with Crippen molar-refractivity contribution in [2.24, 2.45) is 0 Å². The first kappa shape index (κ1) is 20.5. The molecule has 0 saturated carbocycles. The summed E-state index contributed by atoms with van der Waals surface area (Å²) in [6, 6.07) is 14.0. The normalized spacial score (nSPS) is 11.3. The molecule has 5 aromatic rings. The second-order valence-electron chi connectivity index (χ2n) is 7.14. The second-order valence-corrected chi connectivity index (χ2v) is 8.52. The van der Waals surface area contributed by atoms with Crippen molar-refractivity contribution >= 4 is 46.1 Å². The average Bonchev–Trinajstić information content (AvgIpc) is 3.39. The smallest absolute Gasteiger partial charge is 0.234 e. The van der Waals surface area contributed by atoms with E-state index in [0.29, 0.717) is 27.1 Å². The first-order valence-corrected chi connectivity index (χ1v) is 11.0. The predicted octanol–water partition coefficient (Wildman–Crippen LogP) is 4.88. The van der Waals surface area contributed by atoms with E-state index in [1.54, 1.807) is 29.8 Å². The lowest BCUT2D eigenvalue weighted by molar-refractivity contribution is -0.113. The van der Waals surface area contributed by atoms with E-state index in [1.807, 2.05) is 40.9 Å². The van der Waals surface area contributed by atoms with Crippen molar-refractivity contribution in [1.82, 2.24) is 24.2 Å². The highest BCUT2D eigenvalue weighted by Crippen LogP contribution is 2.25. The maximum atomic E-state index is 13.7. The van der Waals surface area contributed by atoms with Crippen molar-refractivity contribution in [2.45, 2.75) is 12.1 Å². The van der Waals surface area contributed by atoms with Crippen molar-refractivity contribution in [2.75, 3.05) is 11.1 Å². The fraction of sp³-hybridized carbons (Fsp3) is 0.0909. The van der Waals surface area contributed by atoms with Crippen LogP contribution in [0.5, 0.6) is 0 Å². The molecule has 10 heteroatoms. The van der Waals surface area contributed by atoms with E-state index in [-0.39, 0.29) is 17.5 Å². The predicted molar refractivity (Wildman–Crippen MR) is 123 cm³/mol. The van der Waals surface area contributed by atoms with Crippen LogP contribution in [0.3, 0.4) is 0 Å². The minimum absolute atomic E-state index is 0.108. The number of carbonyl (C=O) groups is 1. The third-order valence-electron chi connectivity index (χ3n) is 4.91. The minimum Gasteiger partial charge on any atom is -0.325 e. The van der Waals surface area contributed by atoms with E-state index in [9.17, 15) is 9.18 Å². The zero-order valence-corrected chi connectivity index (χ0v) is 18.4. The summed E-state index contributed by atoms with van der Waals surface area (Å²) >= 11 is 7.22. The Labute approximate surface area is 191 Å². The molecule has 0 aliphatic carbocycles. The summed E-state index contributed by atoms with van der Waals surface area (Å²) in [5, 5.41) is 17.0. The number of thioether (sulfide) groups is 1. The summed E-state index contributed by atoms with van der Waals surface area (Å²) in [5.41, 5.74) is 4.09. The van der Waals surface area contributed by atoms with Crippen molar-refractivity contribution in [3.05, 3.63) is 77.3 Å². The number of anilines is 1. The van der Waals surface area contributed by atoms with Crippen LogP contribution < -0.4 is 5.32 Å². The number of aromatic nitrogens is 5. The largest absolute Gasteiger partial charge is 0.325 e. The number of aryl methyl sites for hydroxylation is 1. The molecule has 0 unspecified atom stereocenters. The van der Waals surface area contributed by atoms with E-state index in [2.05, 4.69) is 20.6 Å². The van der Waals surface area contributed by atoms with Gasteiger partial charge in [-0.1, -0.05) is 41.6 Å². The number of nitrogens with one attached hydrogen (secondary N) is 1. The lowest BCUT2D eigenvalue weighted by Crippen LogP contribution is -2.14. The Morgan fingerprint density at radius 3 is 2.72 bits per heavy atom. The molecule has 3 heterocycles. The topological polar surface area (TPSA) is 76.6 Å². The van der Waals surface area contributed by atoms with Gasteiger partial charge in [-0.3, -0.25) is 9.20 Å². The van der Waals surface area contributed by atoms with E-state index in [0.717, 1.165) is 16.8 Å². The SMILES string of the molecule is Cc1ccc(NC(=O)CSc2nnc3c4cc(-c5ccc(Cl)cc5)nn4ccn23)cc1F. The first-order chi connectivity index (χ1) is 15.5. The van der Waals surface area contributed by atoms with Crippen LogP contribution in [0.15, 0.2) is 66.1 Å². The number of fused-ring (bicyclic) bond motifs is 3. The summed E-state index contributed by atoms with van der Waals surface area (Å²) in [6.07, 6.45) is 3.61. The zero-order chi connectivity index (χ0) is 22.2. The molecular weight excluding hydrogens is 451 g/mol. The van der Waals surface area contributed by atoms with Crippen LogP contribution in [0.4, 0.5) is 10.1 Å². The van der Waals surface area contributed by atoms with Crippen LogP contribution in [-0.2, 0) is 4.79 Å². The summed E-state index contributed by atoms with van der Waals surface area (Å²) in [5.74, 6) is -0.510. The highest BCUT2D eigenvalue weighted by molar-refractivity contribution is 7.99. The highest BCUT2D eigenvalue weighted by atomic mass is 35.5. The van der Waals surface area contributed by atoms with Crippen LogP contribution >= 0.6 is 23.4 Å². The Kier molecular flexibility index (Phi) is 5.28. The molecule has 1 amide bonds. The molecule has 1 N–H and O–H groups in total. The maximum Gasteiger partial charge on any atom is 0.234 e. The molecule has 0 aliphatic heterocycles. The molecule has 3 aromatic heterocycles. The van der Waals surface area contributed by atoms with Gasteiger partial charge in [0, 0.05) is 28.7 Å². The molecule has 0 radical (unpaired) electrons. The molecule has 7 nitrogen and oxygen atoms in total. The van der Waals surface area contributed by atoms with Gasteiger partial charge in [0.15, 0.2) is 10.8 Å². The van der Waals surface area contributed by atoms with Gasteiger partial charge in [0.2, 0.25) is 5.91 Å². The van der Waals surface area contributed by atoms with Gasteiger partial charge in [-0.05, 0) is 42.8 Å². The molecule has 0 fully saturated rings. The molecule has 0 bridgehead atoms. The summed E-state index contributed by atoms with van der Waals surface area (Å²) < 4.78 is 17.2. The van der Waals surface area contributed by atoms with Crippen molar-refractivity contribution in [1.29, 1.82) is 0 Å². The third kappa shape index (κ3) is 3.92. The monoisotopic (exact) mass is 466 g/mol. The van der Waals surface area contributed by atoms with Gasteiger partial charge in [-0.15, -0.1) is 10.2 Å². The molecule has 0 atom stereocenters. The van der Waals surface area contributed by atoms with Crippen LogP contribution in [-0.4, -0.2) is 35.9 Å². The van der Waals surface area contributed by atoms with Gasteiger partial charge in [0.25, 0.3) is 0 Å². The molecule has 32 heavy (non-hydrogen) atoms. The lowest BCUT2D eigenvalue weighted by atomic mass is 10.1. The Morgan fingerprint density at radius 1 is 1.12 bits per heavy atom. The summed E-state index contributed by atoms with van der Waals surface area (Å²) in [4.78, 5) is 12.3. The van der Waals surface area contributed by atoms with Crippen LogP contribution in [0, 0.1) is 12.7 Å². The number of nitrogens with zero attached hydrogens (tertiary/aromatic N) is 5. The Hall–Kier alpha value is -3.43. The van der Waals surface area contributed by atoms with Gasteiger partial charge in [0.05, 0.1) is 11.4 Å². The highest BCUT2D eigenvalue weighted by Gasteiger charge is 2.14. The Bertz CT molecular complexity index is 1460. The van der Waals surface area contributed by atoms with Crippen LogP contribution in [0.1, 0.15) is 5.56 Å². The fourth-order valence-corrected chi connectivity index (χ4v) is 4.09. The molecule has 160 valence electrons. The summed E-state index contributed by atoms with van der Waals surface area (Å²) in [6.45, 7) is 1.67. The fourth-order valence-electron chi connectivity index (χ4n) is 3.25. The number of hydrogen-bond donors (Lipinski definition) is 1. The minimum atomic E-state index is -0.360. The second kappa shape index (κ2) is 8.25.